The van der Waals surface area contributed by atoms with E-state index in [2.05, 4.69) is 4.98 Å². The van der Waals surface area contributed by atoms with Crippen molar-refractivity contribution in [1.29, 1.82) is 0 Å². The second kappa shape index (κ2) is 5.37. The summed E-state index contributed by atoms with van der Waals surface area (Å²) >= 11 is 2.65. The number of carbonyl (C=O) groups excluding carboxylic acids is 1. The molecule has 0 aliphatic carbocycles. The van der Waals surface area contributed by atoms with Crippen LogP contribution in [0.25, 0.3) is 0 Å². The van der Waals surface area contributed by atoms with Crippen molar-refractivity contribution >= 4 is 28.9 Å². The maximum atomic E-state index is 13.3. The van der Waals surface area contributed by atoms with E-state index >= 15 is 0 Å². The van der Waals surface area contributed by atoms with Crippen LogP contribution in [0.4, 0.5) is 8.78 Å². The summed E-state index contributed by atoms with van der Waals surface area (Å²) in [5.74, 6) is -1.79. The van der Waals surface area contributed by atoms with Gasteiger partial charge < -0.3 is 0 Å². The number of rotatable bonds is 4. The van der Waals surface area contributed by atoms with E-state index in [9.17, 15) is 13.6 Å². The van der Waals surface area contributed by atoms with Crippen LogP contribution in [-0.4, -0.2) is 16.5 Å². The SMILES string of the molecule is O=C(CSc1nccs1)c1ccc(F)cc1F. The van der Waals surface area contributed by atoms with Gasteiger partial charge in [0, 0.05) is 17.6 Å². The van der Waals surface area contributed by atoms with Gasteiger partial charge in [0.15, 0.2) is 5.78 Å². The van der Waals surface area contributed by atoms with Crippen LogP contribution in [0.15, 0.2) is 34.1 Å². The van der Waals surface area contributed by atoms with Gasteiger partial charge in [-0.2, -0.15) is 0 Å². The summed E-state index contributed by atoms with van der Waals surface area (Å²) in [4.78, 5) is 15.7. The molecule has 1 aromatic carbocycles. The third-order valence-electron chi connectivity index (χ3n) is 1.97. The molecule has 0 aliphatic heterocycles. The van der Waals surface area contributed by atoms with Crippen molar-refractivity contribution in [3.8, 4) is 0 Å². The number of benzene rings is 1. The first-order chi connectivity index (χ1) is 8.16. The third kappa shape index (κ3) is 3.10. The van der Waals surface area contributed by atoms with Gasteiger partial charge in [-0.15, -0.1) is 11.3 Å². The number of thiazole rings is 1. The van der Waals surface area contributed by atoms with Crippen LogP contribution in [0.3, 0.4) is 0 Å². The average molecular weight is 271 g/mol. The van der Waals surface area contributed by atoms with E-state index in [-0.39, 0.29) is 17.1 Å². The second-order valence-corrected chi connectivity index (χ2v) is 5.25. The van der Waals surface area contributed by atoms with E-state index in [0.29, 0.717) is 6.07 Å². The zero-order valence-corrected chi connectivity index (χ0v) is 10.2. The zero-order chi connectivity index (χ0) is 12.3. The van der Waals surface area contributed by atoms with Crippen molar-refractivity contribution in [2.75, 3.05) is 5.75 Å². The fraction of sp³-hybridized carbons (Fsp3) is 0.0909. The number of halogens is 2. The predicted octanol–water partition coefficient (Wildman–Crippen LogP) is 3.40. The summed E-state index contributed by atoms with van der Waals surface area (Å²) in [5, 5.41) is 1.80. The molecule has 0 fully saturated rings. The highest BCUT2D eigenvalue weighted by Crippen LogP contribution is 2.22. The number of thioether (sulfide) groups is 1. The van der Waals surface area contributed by atoms with Crippen LogP contribution in [-0.2, 0) is 0 Å². The highest BCUT2D eigenvalue weighted by atomic mass is 32.2. The third-order valence-corrected chi connectivity index (χ3v) is 3.93. The number of carbonyl (C=O) groups is 1. The highest BCUT2D eigenvalue weighted by molar-refractivity contribution is 8.01. The molecular weight excluding hydrogens is 264 g/mol. The van der Waals surface area contributed by atoms with Crippen LogP contribution in [0, 0.1) is 11.6 Å². The molecule has 0 amide bonds. The molecule has 0 radical (unpaired) electrons. The smallest absolute Gasteiger partial charge is 0.176 e. The quantitative estimate of drug-likeness (QED) is 0.630. The summed E-state index contributed by atoms with van der Waals surface area (Å²) in [6.45, 7) is 0. The normalized spacial score (nSPS) is 10.5. The molecule has 1 heterocycles. The number of Topliss-reactive ketones (excluding diaryl/α,β-unsaturated/α-hetero) is 1. The van der Waals surface area contributed by atoms with E-state index in [1.165, 1.54) is 23.1 Å². The number of hydrogen-bond donors (Lipinski definition) is 0. The Morgan fingerprint density at radius 1 is 1.41 bits per heavy atom. The molecule has 0 N–H and O–H groups in total. The molecule has 0 spiro atoms. The Hall–Kier alpha value is -1.27. The molecule has 2 nitrogen and oxygen atoms in total. The monoisotopic (exact) mass is 271 g/mol. The Morgan fingerprint density at radius 3 is 2.88 bits per heavy atom. The zero-order valence-electron chi connectivity index (χ0n) is 8.52. The van der Waals surface area contributed by atoms with E-state index in [1.807, 2.05) is 0 Å². The van der Waals surface area contributed by atoms with Crippen molar-refractivity contribution in [2.45, 2.75) is 4.34 Å². The minimum Gasteiger partial charge on any atom is -0.293 e. The van der Waals surface area contributed by atoms with Gasteiger partial charge in [0.25, 0.3) is 0 Å². The van der Waals surface area contributed by atoms with Gasteiger partial charge in [-0.1, -0.05) is 11.8 Å². The molecule has 0 unspecified atom stereocenters. The van der Waals surface area contributed by atoms with Crippen molar-refractivity contribution < 1.29 is 13.6 Å². The van der Waals surface area contributed by atoms with Crippen LogP contribution >= 0.6 is 23.1 Å². The van der Waals surface area contributed by atoms with Gasteiger partial charge in [0.1, 0.15) is 16.0 Å². The first-order valence-electron chi connectivity index (χ1n) is 4.67. The van der Waals surface area contributed by atoms with E-state index in [0.717, 1.165) is 16.5 Å². The minimum absolute atomic E-state index is 0.0875. The van der Waals surface area contributed by atoms with Gasteiger partial charge in [-0.05, 0) is 12.1 Å². The Morgan fingerprint density at radius 2 is 2.24 bits per heavy atom. The lowest BCUT2D eigenvalue weighted by Crippen LogP contribution is -2.05. The average Bonchev–Trinajstić information content (AvgIpc) is 2.78. The fourth-order valence-electron chi connectivity index (χ4n) is 1.20. The van der Waals surface area contributed by atoms with Crippen molar-refractivity contribution in [1.82, 2.24) is 4.98 Å². The van der Waals surface area contributed by atoms with E-state index in [4.69, 9.17) is 0 Å². The first kappa shape index (κ1) is 12.2. The summed E-state index contributed by atoms with van der Waals surface area (Å²) in [6.07, 6.45) is 1.63. The lowest BCUT2D eigenvalue weighted by molar-refractivity contribution is 0.101. The maximum Gasteiger partial charge on any atom is 0.176 e. The number of nitrogens with zero attached hydrogens (tertiary/aromatic N) is 1. The maximum absolute atomic E-state index is 13.3. The summed E-state index contributed by atoms with van der Waals surface area (Å²) < 4.78 is 26.7. The standard InChI is InChI=1S/C11H7F2NOS2/c12-7-1-2-8(9(13)5-7)10(15)6-17-11-14-3-4-16-11/h1-5H,6H2. The van der Waals surface area contributed by atoms with Gasteiger partial charge in [0.2, 0.25) is 0 Å². The fourth-order valence-corrected chi connectivity index (χ4v) is 2.72. The lowest BCUT2D eigenvalue weighted by atomic mass is 10.1. The first-order valence-corrected chi connectivity index (χ1v) is 6.54. The van der Waals surface area contributed by atoms with Crippen molar-refractivity contribution in [3.63, 3.8) is 0 Å². The Kier molecular flexibility index (Phi) is 3.86. The molecule has 0 atom stereocenters. The molecular formula is C11H7F2NOS2. The van der Waals surface area contributed by atoms with Crippen LogP contribution in [0.1, 0.15) is 10.4 Å². The van der Waals surface area contributed by atoms with Crippen LogP contribution in [0.5, 0.6) is 0 Å². The second-order valence-electron chi connectivity index (χ2n) is 3.13. The lowest BCUT2D eigenvalue weighted by Gasteiger charge is -2.01. The van der Waals surface area contributed by atoms with E-state index < -0.39 is 11.6 Å². The van der Waals surface area contributed by atoms with E-state index in [1.54, 1.807) is 11.6 Å². The summed E-state index contributed by atoms with van der Waals surface area (Å²) in [5.41, 5.74) is -0.0875. The summed E-state index contributed by atoms with van der Waals surface area (Å²) in [6, 6.07) is 2.95. The molecule has 1 aromatic heterocycles. The van der Waals surface area contributed by atoms with Crippen LogP contribution < -0.4 is 0 Å². The molecule has 0 bridgehead atoms. The Balaban J connectivity index is 2.04. The van der Waals surface area contributed by atoms with Crippen molar-refractivity contribution in [2.24, 2.45) is 0 Å². The molecule has 0 saturated heterocycles. The molecule has 0 aliphatic rings. The number of ketones is 1. The summed E-state index contributed by atoms with van der Waals surface area (Å²) in [7, 11) is 0. The van der Waals surface area contributed by atoms with Crippen molar-refractivity contribution in [3.05, 3.63) is 47.0 Å². The molecule has 17 heavy (non-hydrogen) atoms. The Bertz CT molecular complexity index is 528. The van der Waals surface area contributed by atoms with Crippen LogP contribution in [0.2, 0.25) is 0 Å². The number of hydrogen-bond acceptors (Lipinski definition) is 4. The largest absolute Gasteiger partial charge is 0.293 e. The molecule has 6 heteroatoms. The molecule has 2 aromatic rings. The highest BCUT2D eigenvalue weighted by Gasteiger charge is 2.13. The molecule has 88 valence electrons. The topological polar surface area (TPSA) is 30.0 Å². The minimum atomic E-state index is -0.824. The number of aromatic nitrogens is 1. The molecule has 0 saturated carbocycles. The predicted molar refractivity (Wildman–Crippen MR) is 63.5 cm³/mol. The van der Waals surface area contributed by atoms with Gasteiger partial charge in [0.05, 0.1) is 11.3 Å². The van der Waals surface area contributed by atoms with Gasteiger partial charge >= 0.3 is 0 Å². The van der Waals surface area contributed by atoms with Gasteiger partial charge in [-0.3, -0.25) is 4.79 Å². The van der Waals surface area contributed by atoms with Gasteiger partial charge in [-0.25, -0.2) is 13.8 Å². The molecule has 2 rings (SSSR count). The Labute approximate surface area is 105 Å².